The Morgan fingerprint density at radius 1 is 1.08 bits per heavy atom. The molecule has 1 aliphatic carbocycles. The van der Waals surface area contributed by atoms with Crippen molar-refractivity contribution in [3.8, 4) is 0 Å². The van der Waals surface area contributed by atoms with E-state index in [2.05, 4.69) is 16.7 Å². The van der Waals surface area contributed by atoms with Crippen LogP contribution in [0.2, 0.25) is 0 Å². The molecule has 5 nitrogen and oxygen atoms in total. The number of para-hydroxylation sites is 1. The van der Waals surface area contributed by atoms with Gasteiger partial charge in [-0.2, -0.15) is 0 Å². The third-order valence-corrected chi connectivity index (χ3v) is 5.43. The summed E-state index contributed by atoms with van der Waals surface area (Å²) in [5, 5.41) is 16.0. The second-order valence-corrected chi connectivity index (χ2v) is 7.35. The van der Waals surface area contributed by atoms with Gasteiger partial charge in [0.1, 0.15) is 0 Å². The molecule has 2 aromatic rings. The van der Waals surface area contributed by atoms with Gasteiger partial charge >= 0.3 is 11.8 Å². The van der Waals surface area contributed by atoms with E-state index in [1.54, 1.807) is 12.1 Å². The van der Waals surface area contributed by atoms with Crippen LogP contribution in [-0.2, 0) is 22.4 Å². The van der Waals surface area contributed by atoms with E-state index in [0.717, 1.165) is 16.9 Å². The van der Waals surface area contributed by atoms with E-state index in [4.69, 9.17) is 0 Å². The molecule has 0 bridgehead atoms. The molecule has 1 aliphatic rings. The lowest BCUT2D eigenvalue weighted by molar-refractivity contribution is -0.136. The first-order chi connectivity index (χ1) is 12.5. The van der Waals surface area contributed by atoms with E-state index >= 15 is 0 Å². The number of hydrogen-bond donors (Lipinski definition) is 3. The van der Waals surface area contributed by atoms with Crippen molar-refractivity contribution in [2.75, 3.05) is 18.1 Å². The van der Waals surface area contributed by atoms with Crippen molar-refractivity contribution >= 4 is 29.3 Å². The first-order valence-corrected chi connectivity index (χ1v) is 9.74. The zero-order valence-corrected chi connectivity index (χ0v) is 15.4. The predicted molar refractivity (Wildman–Crippen MR) is 103 cm³/mol. The molecule has 2 amide bonds. The minimum absolute atomic E-state index is 0.0533. The van der Waals surface area contributed by atoms with Gasteiger partial charge in [-0.15, -0.1) is 11.8 Å². The number of carbonyl (C=O) groups excluding carboxylic acids is 2. The lowest BCUT2D eigenvalue weighted by atomic mass is 9.80. The lowest BCUT2D eigenvalue weighted by Gasteiger charge is -2.33. The highest BCUT2D eigenvalue weighted by Gasteiger charge is 2.33. The number of carbonyl (C=O) groups is 2. The van der Waals surface area contributed by atoms with Crippen molar-refractivity contribution in [1.82, 2.24) is 5.32 Å². The van der Waals surface area contributed by atoms with Crippen LogP contribution in [0, 0.1) is 0 Å². The maximum Gasteiger partial charge on any atom is 0.313 e. The summed E-state index contributed by atoms with van der Waals surface area (Å²) in [7, 11) is 0. The second-order valence-electron chi connectivity index (χ2n) is 6.51. The predicted octanol–water partition coefficient (Wildman–Crippen LogP) is 2.38. The van der Waals surface area contributed by atoms with Crippen LogP contribution in [0.5, 0.6) is 0 Å². The SMILES string of the molecule is CSc1ccccc1NC(=O)C(=O)NCC1(O)CCc2ccccc2C1. The summed E-state index contributed by atoms with van der Waals surface area (Å²) in [5.41, 5.74) is 1.90. The van der Waals surface area contributed by atoms with Crippen LogP contribution in [0.1, 0.15) is 17.5 Å². The molecule has 1 unspecified atom stereocenters. The highest BCUT2D eigenvalue weighted by molar-refractivity contribution is 7.98. The van der Waals surface area contributed by atoms with Crippen LogP contribution in [0.3, 0.4) is 0 Å². The molecule has 0 aromatic heterocycles. The first kappa shape index (κ1) is 18.5. The molecule has 2 aromatic carbocycles. The van der Waals surface area contributed by atoms with Gasteiger partial charge in [0.25, 0.3) is 0 Å². The zero-order valence-electron chi connectivity index (χ0n) is 14.6. The summed E-state index contributed by atoms with van der Waals surface area (Å²) in [6, 6.07) is 15.3. The number of amides is 2. The summed E-state index contributed by atoms with van der Waals surface area (Å²) in [6.07, 6.45) is 3.69. The molecule has 6 heteroatoms. The van der Waals surface area contributed by atoms with Gasteiger partial charge in [0.15, 0.2) is 0 Å². The third kappa shape index (κ3) is 4.26. The van der Waals surface area contributed by atoms with Gasteiger partial charge in [0, 0.05) is 17.9 Å². The highest BCUT2D eigenvalue weighted by atomic mass is 32.2. The third-order valence-electron chi connectivity index (χ3n) is 4.64. The Balaban J connectivity index is 1.57. The molecule has 0 radical (unpaired) electrons. The summed E-state index contributed by atoms with van der Waals surface area (Å²) in [4.78, 5) is 25.2. The number of benzene rings is 2. The fourth-order valence-electron chi connectivity index (χ4n) is 3.19. The molecule has 26 heavy (non-hydrogen) atoms. The van der Waals surface area contributed by atoms with E-state index < -0.39 is 17.4 Å². The molecule has 0 heterocycles. The number of aryl methyl sites for hydroxylation is 1. The Bertz CT molecular complexity index is 824. The minimum Gasteiger partial charge on any atom is -0.388 e. The largest absolute Gasteiger partial charge is 0.388 e. The van der Waals surface area contributed by atoms with Crippen LogP contribution in [0.25, 0.3) is 0 Å². The molecule has 0 saturated carbocycles. The van der Waals surface area contributed by atoms with Gasteiger partial charge in [-0.05, 0) is 42.4 Å². The molecular weight excluding hydrogens is 348 g/mol. The maximum atomic E-state index is 12.1. The molecule has 0 fully saturated rings. The smallest absolute Gasteiger partial charge is 0.313 e. The zero-order chi connectivity index (χ0) is 18.6. The number of thioether (sulfide) groups is 1. The topological polar surface area (TPSA) is 78.4 Å². The Morgan fingerprint density at radius 3 is 2.54 bits per heavy atom. The van der Waals surface area contributed by atoms with Crippen molar-refractivity contribution in [3.63, 3.8) is 0 Å². The fourth-order valence-corrected chi connectivity index (χ4v) is 3.74. The van der Waals surface area contributed by atoms with Gasteiger partial charge in [0.2, 0.25) is 0 Å². The molecule has 0 spiro atoms. The average molecular weight is 370 g/mol. The Labute approximate surface area is 157 Å². The van der Waals surface area contributed by atoms with E-state index in [1.807, 2.05) is 36.6 Å². The number of fused-ring (bicyclic) bond motifs is 1. The Hall–Kier alpha value is -2.31. The summed E-state index contributed by atoms with van der Waals surface area (Å²) >= 11 is 1.49. The number of anilines is 1. The lowest BCUT2D eigenvalue weighted by Crippen LogP contribution is -2.49. The van der Waals surface area contributed by atoms with Crippen molar-refractivity contribution in [1.29, 1.82) is 0 Å². The molecule has 3 rings (SSSR count). The molecule has 3 N–H and O–H groups in total. The van der Waals surface area contributed by atoms with Gasteiger partial charge in [-0.1, -0.05) is 36.4 Å². The summed E-state index contributed by atoms with van der Waals surface area (Å²) in [5.74, 6) is -1.47. The van der Waals surface area contributed by atoms with Crippen LogP contribution in [0.4, 0.5) is 5.69 Å². The number of rotatable bonds is 4. The molecular formula is C20H22N2O3S. The van der Waals surface area contributed by atoms with Crippen LogP contribution >= 0.6 is 11.8 Å². The quantitative estimate of drug-likeness (QED) is 0.570. The molecule has 0 aliphatic heterocycles. The highest BCUT2D eigenvalue weighted by Crippen LogP contribution is 2.28. The summed E-state index contributed by atoms with van der Waals surface area (Å²) < 4.78 is 0. The Kier molecular flexibility index (Phi) is 5.64. The number of hydrogen-bond acceptors (Lipinski definition) is 4. The molecule has 1 atom stereocenters. The van der Waals surface area contributed by atoms with Gasteiger partial charge < -0.3 is 15.7 Å². The first-order valence-electron chi connectivity index (χ1n) is 8.52. The van der Waals surface area contributed by atoms with Crippen LogP contribution in [0.15, 0.2) is 53.4 Å². The number of nitrogens with one attached hydrogen (secondary N) is 2. The van der Waals surface area contributed by atoms with Crippen molar-refractivity contribution in [2.45, 2.75) is 29.8 Å². The average Bonchev–Trinajstić information content (AvgIpc) is 2.66. The van der Waals surface area contributed by atoms with Crippen molar-refractivity contribution in [3.05, 3.63) is 59.7 Å². The molecule has 136 valence electrons. The van der Waals surface area contributed by atoms with Crippen LogP contribution < -0.4 is 10.6 Å². The van der Waals surface area contributed by atoms with Gasteiger partial charge in [-0.3, -0.25) is 9.59 Å². The van der Waals surface area contributed by atoms with Crippen molar-refractivity contribution in [2.24, 2.45) is 0 Å². The van der Waals surface area contributed by atoms with Gasteiger partial charge in [-0.25, -0.2) is 0 Å². The van der Waals surface area contributed by atoms with Gasteiger partial charge in [0.05, 0.1) is 11.3 Å². The van der Waals surface area contributed by atoms with Crippen LogP contribution in [-0.4, -0.2) is 35.3 Å². The normalized spacial score (nSPS) is 18.7. The minimum atomic E-state index is -1.03. The monoisotopic (exact) mass is 370 g/mol. The fraction of sp³-hybridized carbons (Fsp3) is 0.300. The van der Waals surface area contributed by atoms with E-state index in [1.165, 1.54) is 17.3 Å². The van der Waals surface area contributed by atoms with E-state index in [-0.39, 0.29) is 6.54 Å². The Morgan fingerprint density at radius 2 is 1.77 bits per heavy atom. The maximum absolute atomic E-state index is 12.1. The molecule has 0 saturated heterocycles. The number of aliphatic hydroxyl groups is 1. The van der Waals surface area contributed by atoms with E-state index in [0.29, 0.717) is 18.5 Å². The van der Waals surface area contributed by atoms with E-state index in [9.17, 15) is 14.7 Å². The van der Waals surface area contributed by atoms with Crippen molar-refractivity contribution < 1.29 is 14.7 Å². The second kappa shape index (κ2) is 7.93. The summed E-state index contributed by atoms with van der Waals surface area (Å²) in [6.45, 7) is 0.0533. The standard InChI is InChI=1S/C20H22N2O3S/c1-26-17-9-5-4-8-16(17)22-19(24)18(23)21-13-20(25)11-10-14-6-2-3-7-15(14)12-20/h2-9,25H,10-13H2,1H3,(H,21,23)(H,22,24).